The maximum Gasteiger partial charge on any atom is 0.167 e. The van der Waals surface area contributed by atoms with Crippen molar-refractivity contribution in [1.29, 1.82) is 0 Å². The summed E-state index contributed by atoms with van der Waals surface area (Å²) in [6.07, 6.45) is 10.2. The van der Waals surface area contributed by atoms with Gasteiger partial charge in [0.25, 0.3) is 0 Å². The van der Waals surface area contributed by atoms with Gasteiger partial charge in [-0.3, -0.25) is 19.6 Å². The Morgan fingerprint density at radius 3 is 1.55 bits per heavy atom. The third-order valence-electron chi connectivity index (χ3n) is 9.94. The van der Waals surface area contributed by atoms with Crippen LogP contribution in [0.1, 0.15) is 65.7 Å². The van der Waals surface area contributed by atoms with E-state index >= 15 is 0 Å². The Balaban J connectivity index is 0.000000159. The van der Waals surface area contributed by atoms with Gasteiger partial charge in [-0.25, -0.2) is 0 Å². The van der Waals surface area contributed by atoms with Crippen LogP contribution in [-0.4, -0.2) is 30.7 Å². The van der Waals surface area contributed by atoms with E-state index in [4.69, 9.17) is 0 Å². The molecule has 1 unspecified atom stereocenters. The Labute approximate surface area is 299 Å². The summed E-state index contributed by atoms with van der Waals surface area (Å²) in [4.78, 5) is 34.1. The molecule has 4 heterocycles. The molecular formula is C43H44N6O2. The summed E-state index contributed by atoms with van der Waals surface area (Å²) in [6.45, 7) is 6.47. The largest absolute Gasteiger partial charge is 0.353 e. The molecule has 8 rings (SSSR count). The summed E-state index contributed by atoms with van der Waals surface area (Å²) in [5.41, 5.74) is 11.9. The summed E-state index contributed by atoms with van der Waals surface area (Å²) in [5.74, 6) is 0.817. The number of hydrogen-bond acceptors (Lipinski definition) is 6. The zero-order chi connectivity index (χ0) is 35.7. The number of carbonyl (C=O) groups excluding carboxylic acids is 2. The van der Waals surface area contributed by atoms with Crippen LogP contribution in [0.2, 0.25) is 0 Å². The van der Waals surface area contributed by atoms with Gasteiger partial charge in [-0.15, -0.1) is 0 Å². The van der Waals surface area contributed by atoms with Crippen LogP contribution in [-0.2, 0) is 26.9 Å². The minimum atomic E-state index is -0.0181. The van der Waals surface area contributed by atoms with E-state index in [0.29, 0.717) is 18.8 Å². The molecule has 0 fully saturated rings. The Morgan fingerprint density at radius 1 is 0.608 bits per heavy atom. The molecule has 8 nitrogen and oxygen atoms in total. The van der Waals surface area contributed by atoms with Crippen LogP contribution in [0.4, 0.5) is 22.7 Å². The van der Waals surface area contributed by atoms with Gasteiger partial charge < -0.3 is 19.8 Å². The summed E-state index contributed by atoms with van der Waals surface area (Å²) >= 11 is 0. The van der Waals surface area contributed by atoms with E-state index in [9.17, 15) is 9.59 Å². The molecule has 0 bridgehead atoms. The first-order chi connectivity index (χ1) is 24.6. The van der Waals surface area contributed by atoms with Gasteiger partial charge in [-0.2, -0.15) is 0 Å². The Morgan fingerprint density at radius 2 is 1.06 bits per heavy atom. The van der Waals surface area contributed by atoms with Crippen LogP contribution in [0.5, 0.6) is 0 Å². The first-order valence-electron chi connectivity index (χ1n) is 17.6. The normalized spacial score (nSPS) is 16.1. The van der Waals surface area contributed by atoms with Crippen molar-refractivity contribution in [3.63, 3.8) is 0 Å². The Hall–Kier alpha value is -5.76. The van der Waals surface area contributed by atoms with Gasteiger partial charge in [0.1, 0.15) is 0 Å². The molecule has 4 aromatic heterocycles. The molecule has 2 aromatic carbocycles. The molecule has 8 heteroatoms. The number of ketones is 2. The maximum atomic E-state index is 13.0. The van der Waals surface area contributed by atoms with Gasteiger partial charge in [-0.05, 0) is 72.7 Å². The number of nitrogens with zero attached hydrogens (tertiary/aromatic N) is 4. The second-order valence-corrected chi connectivity index (χ2v) is 14.5. The average Bonchev–Trinajstić information content (AvgIpc) is 3.55. The third kappa shape index (κ3) is 6.74. The standard InChI is InChI=1S/C22H23N3O.C21H21N3O/c1-22(2)13-17-19(18(26)14-22)20(24-16-7-5-4-6-8-16)21(25(17)3)15-9-11-23-12-10-15;1-14-12-17-19(18(25)13-14)20(23-16-6-4-3-5-7-16)21(24(17)2)15-8-10-22-11-9-15/h4-12,24H,13-14H2,1-3H3;3-11,14,23H,12-13H2,1-2H3. The van der Waals surface area contributed by atoms with E-state index in [0.717, 1.165) is 80.6 Å². The summed E-state index contributed by atoms with van der Waals surface area (Å²) < 4.78 is 4.35. The maximum absolute atomic E-state index is 13.0. The minimum absolute atomic E-state index is 0.0181. The number of fused-ring (bicyclic) bond motifs is 2. The third-order valence-corrected chi connectivity index (χ3v) is 9.94. The minimum Gasteiger partial charge on any atom is -0.353 e. The number of anilines is 4. The van der Waals surface area contributed by atoms with Gasteiger partial charge in [0, 0.05) is 85.6 Å². The molecule has 0 spiro atoms. The number of benzene rings is 2. The average molecular weight is 677 g/mol. The first-order valence-corrected chi connectivity index (χ1v) is 17.6. The van der Waals surface area contributed by atoms with Crippen molar-refractivity contribution in [2.24, 2.45) is 25.4 Å². The zero-order valence-electron chi connectivity index (χ0n) is 29.9. The van der Waals surface area contributed by atoms with Crippen LogP contribution in [0.25, 0.3) is 22.5 Å². The highest BCUT2D eigenvalue weighted by Gasteiger charge is 2.37. The zero-order valence-corrected chi connectivity index (χ0v) is 29.9. The number of Topliss-reactive ketones (excluding diaryl/α,β-unsaturated/α-hetero) is 2. The number of rotatable bonds is 6. The molecule has 0 amide bonds. The van der Waals surface area contributed by atoms with Crippen molar-refractivity contribution in [2.45, 2.75) is 46.5 Å². The lowest BCUT2D eigenvalue weighted by Crippen LogP contribution is -2.28. The van der Waals surface area contributed by atoms with E-state index in [1.165, 1.54) is 0 Å². The fourth-order valence-corrected chi connectivity index (χ4v) is 7.64. The van der Waals surface area contributed by atoms with Crippen molar-refractivity contribution in [2.75, 3.05) is 10.6 Å². The first kappa shape index (κ1) is 33.7. The highest BCUT2D eigenvalue weighted by molar-refractivity contribution is 6.08. The topological polar surface area (TPSA) is 93.8 Å². The van der Waals surface area contributed by atoms with Crippen molar-refractivity contribution in [3.05, 3.63) is 132 Å². The molecule has 0 aliphatic heterocycles. The summed E-state index contributed by atoms with van der Waals surface area (Å²) in [5, 5.41) is 7.02. The highest BCUT2D eigenvalue weighted by atomic mass is 16.1. The Bertz CT molecular complexity index is 2190. The van der Waals surface area contributed by atoms with E-state index in [-0.39, 0.29) is 17.0 Å². The van der Waals surface area contributed by atoms with Gasteiger partial charge in [0.2, 0.25) is 0 Å². The lowest BCUT2D eigenvalue weighted by Gasteiger charge is -2.29. The number of pyridine rings is 2. The molecule has 0 saturated carbocycles. The number of hydrogen-bond donors (Lipinski definition) is 2. The Kier molecular flexibility index (Phi) is 9.17. The van der Waals surface area contributed by atoms with E-state index < -0.39 is 0 Å². The van der Waals surface area contributed by atoms with Gasteiger partial charge >= 0.3 is 0 Å². The van der Waals surface area contributed by atoms with Crippen LogP contribution in [0.15, 0.2) is 110 Å². The fraction of sp³-hybridized carbons (Fsp3) is 0.256. The number of para-hydroxylation sites is 2. The molecule has 258 valence electrons. The van der Waals surface area contributed by atoms with Crippen LogP contribution in [0.3, 0.4) is 0 Å². The molecule has 2 aliphatic carbocycles. The fourth-order valence-electron chi connectivity index (χ4n) is 7.64. The van der Waals surface area contributed by atoms with Crippen LogP contribution < -0.4 is 10.6 Å². The van der Waals surface area contributed by atoms with E-state index in [1.54, 1.807) is 24.8 Å². The number of carbonyl (C=O) groups is 2. The lowest BCUT2D eigenvalue weighted by atomic mass is 9.76. The highest BCUT2D eigenvalue weighted by Crippen LogP contribution is 2.45. The number of aromatic nitrogens is 4. The second kappa shape index (κ2) is 13.9. The molecule has 51 heavy (non-hydrogen) atoms. The lowest BCUT2D eigenvalue weighted by molar-refractivity contribution is 0.0909. The van der Waals surface area contributed by atoms with Gasteiger partial charge in [0.05, 0.1) is 33.9 Å². The summed E-state index contributed by atoms with van der Waals surface area (Å²) in [7, 11) is 4.11. The second-order valence-electron chi connectivity index (χ2n) is 14.5. The summed E-state index contributed by atoms with van der Waals surface area (Å²) in [6, 6.07) is 28.0. The molecule has 0 saturated heterocycles. The van der Waals surface area contributed by atoms with Gasteiger partial charge in [0.15, 0.2) is 11.6 Å². The van der Waals surface area contributed by atoms with E-state index in [1.807, 2.05) is 84.9 Å². The molecule has 6 aromatic rings. The molecule has 2 N–H and O–H groups in total. The van der Waals surface area contributed by atoms with Gasteiger partial charge in [-0.1, -0.05) is 57.2 Å². The van der Waals surface area contributed by atoms with Crippen molar-refractivity contribution in [1.82, 2.24) is 19.1 Å². The van der Waals surface area contributed by atoms with Crippen molar-refractivity contribution < 1.29 is 9.59 Å². The van der Waals surface area contributed by atoms with Crippen LogP contribution >= 0.6 is 0 Å². The molecule has 2 aliphatic rings. The predicted molar refractivity (Wildman–Crippen MR) is 205 cm³/mol. The molecule has 1 atom stereocenters. The van der Waals surface area contributed by atoms with E-state index in [2.05, 4.69) is 64.6 Å². The molecule has 0 radical (unpaired) electrons. The monoisotopic (exact) mass is 676 g/mol. The quantitative estimate of drug-likeness (QED) is 0.183. The number of nitrogens with one attached hydrogen (secondary N) is 2. The SMILES string of the molecule is CC1CC(=O)c2c(Nc3ccccc3)c(-c3ccncc3)n(C)c2C1.Cn1c2c(c(Nc3ccccc3)c1-c1ccncc1)C(=O)CC(C)(C)C2. The van der Waals surface area contributed by atoms with Crippen LogP contribution in [0, 0.1) is 11.3 Å². The smallest absolute Gasteiger partial charge is 0.167 e. The molecular weight excluding hydrogens is 633 g/mol. The predicted octanol–water partition coefficient (Wildman–Crippen LogP) is 9.58. The van der Waals surface area contributed by atoms with Crippen molar-refractivity contribution in [3.8, 4) is 22.5 Å². The van der Waals surface area contributed by atoms with Crippen molar-refractivity contribution >= 4 is 34.3 Å².